The van der Waals surface area contributed by atoms with E-state index in [1.54, 1.807) is 21.3 Å². The van der Waals surface area contributed by atoms with E-state index in [9.17, 15) is 0 Å². The summed E-state index contributed by atoms with van der Waals surface area (Å²) in [5.74, 6) is 0.576. The topological polar surface area (TPSA) is 66.1 Å². The molecule has 0 radical (unpaired) electrons. The van der Waals surface area contributed by atoms with Crippen LogP contribution in [0.5, 0.6) is 0 Å². The van der Waals surface area contributed by atoms with Gasteiger partial charge < -0.3 is 19.0 Å². The summed E-state index contributed by atoms with van der Waals surface area (Å²) in [7, 11) is 1.93. The SMILES string of the molecule is CO[Si](OC)(OC)c1ccc(N=C(N)CCl)cc1. The lowest BCUT2D eigenvalue weighted by atomic mass is 10.3. The average molecular weight is 289 g/mol. The molecule has 2 N–H and O–H groups in total. The molecule has 0 heterocycles. The molecule has 0 aliphatic carbocycles. The third kappa shape index (κ3) is 3.30. The monoisotopic (exact) mass is 288 g/mol. The number of amidine groups is 1. The second-order valence-electron chi connectivity index (χ2n) is 3.45. The van der Waals surface area contributed by atoms with E-state index in [1.165, 1.54) is 0 Å². The van der Waals surface area contributed by atoms with Crippen molar-refractivity contribution >= 4 is 37.1 Å². The van der Waals surface area contributed by atoms with Gasteiger partial charge in [-0.1, -0.05) is 12.1 Å². The van der Waals surface area contributed by atoms with Crippen LogP contribution in [-0.2, 0) is 13.3 Å². The van der Waals surface area contributed by atoms with Crippen LogP contribution in [0.25, 0.3) is 0 Å². The van der Waals surface area contributed by atoms with Gasteiger partial charge in [0.1, 0.15) is 5.84 Å². The van der Waals surface area contributed by atoms with Crippen molar-refractivity contribution in [3.63, 3.8) is 0 Å². The molecule has 0 unspecified atom stereocenters. The first kappa shape index (κ1) is 15.1. The molecule has 0 saturated carbocycles. The van der Waals surface area contributed by atoms with Gasteiger partial charge >= 0.3 is 8.80 Å². The number of hydrogen-bond donors (Lipinski definition) is 1. The van der Waals surface area contributed by atoms with E-state index in [0.717, 1.165) is 10.9 Å². The molecule has 7 heteroatoms. The molecule has 18 heavy (non-hydrogen) atoms. The zero-order valence-corrected chi connectivity index (χ0v) is 12.4. The van der Waals surface area contributed by atoms with E-state index in [0.29, 0.717) is 5.84 Å². The molecule has 0 atom stereocenters. The third-order valence-electron chi connectivity index (χ3n) is 2.44. The Bertz CT molecular complexity index is 399. The lowest BCUT2D eigenvalue weighted by molar-refractivity contribution is 0.140. The Morgan fingerprint density at radius 2 is 1.67 bits per heavy atom. The van der Waals surface area contributed by atoms with Crippen molar-refractivity contribution in [2.24, 2.45) is 10.7 Å². The average Bonchev–Trinajstić information content (AvgIpc) is 2.43. The summed E-state index contributed by atoms with van der Waals surface area (Å²) in [4.78, 5) is 4.13. The standard InChI is InChI=1S/C11H17ClN2O3Si/c1-15-18(16-2,17-3)10-6-4-9(5-7-10)14-11(13)8-12/h4-7H,8H2,1-3H3,(H2,13,14). The molecule has 0 saturated heterocycles. The smallest absolute Gasteiger partial charge is 0.386 e. The molecule has 5 nitrogen and oxygen atoms in total. The third-order valence-corrected chi connectivity index (χ3v) is 5.36. The number of benzene rings is 1. The van der Waals surface area contributed by atoms with Crippen molar-refractivity contribution in [2.45, 2.75) is 0 Å². The maximum atomic E-state index is 5.56. The summed E-state index contributed by atoms with van der Waals surface area (Å²) in [6.07, 6.45) is 0. The quantitative estimate of drug-likeness (QED) is 0.367. The van der Waals surface area contributed by atoms with Crippen LogP contribution in [-0.4, -0.2) is 41.8 Å². The van der Waals surface area contributed by atoms with Crippen molar-refractivity contribution in [3.8, 4) is 0 Å². The molecule has 100 valence electrons. The highest BCUT2D eigenvalue weighted by Crippen LogP contribution is 2.13. The van der Waals surface area contributed by atoms with Crippen LogP contribution in [0.2, 0.25) is 0 Å². The molecule has 0 bridgehead atoms. The molecule has 0 aromatic heterocycles. The molecule has 0 aliphatic rings. The molecule has 1 rings (SSSR count). The number of alkyl halides is 1. The Kier molecular flexibility index (Phi) is 5.77. The van der Waals surface area contributed by atoms with E-state index < -0.39 is 8.80 Å². The van der Waals surface area contributed by atoms with Crippen LogP contribution < -0.4 is 10.9 Å². The summed E-state index contributed by atoms with van der Waals surface area (Å²) in [6, 6.07) is 7.33. The van der Waals surface area contributed by atoms with Crippen molar-refractivity contribution < 1.29 is 13.3 Å². The maximum Gasteiger partial charge on any atom is 0.536 e. The minimum atomic E-state index is -2.77. The highest BCUT2D eigenvalue weighted by Gasteiger charge is 2.40. The minimum absolute atomic E-state index is 0.203. The zero-order valence-electron chi connectivity index (χ0n) is 10.6. The fraction of sp³-hybridized carbons (Fsp3) is 0.364. The van der Waals surface area contributed by atoms with Gasteiger partial charge in [-0.15, -0.1) is 11.6 Å². The Morgan fingerprint density at radius 3 is 2.06 bits per heavy atom. The van der Waals surface area contributed by atoms with Gasteiger partial charge in [0.05, 0.1) is 11.6 Å². The number of nitrogens with zero attached hydrogens (tertiary/aromatic N) is 1. The normalized spacial score (nSPS) is 12.8. The first-order valence-electron chi connectivity index (χ1n) is 5.27. The van der Waals surface area contributed by atoms with Crippen molar-refractivity contribution in [2.75, 3.05) is 27.2 Å². The second-order valence-corrected chi connectivity index (χ2v) is 6.63. The van der Waals surface area contributed by atoms with Gasteiger partial charge in [0.2, 0.25) is 0 Å². The molecular weight excluding hydrogens is 272 g/mol. The molecule has 1 aromatic carbocycles. The highest BCUT2D eigenvalue weighted by atomic mass is 35.5. The minimum Gasteiger partial charge on any atom is -0.386 e. The van der Waals surface area contributed by atoms with Gasteiger partial charge in [-0.3, -0.25) is 0 Å². The van der Waals surface area contributed by atoms with E-state index >= 15 is 0 Å². The fourth-order valence-corrected chi connectivity index (χ4v) is 3.38. The van der Waals surface area contributed by atoms with Crippen LogP contribution in [0, 0.1) is 0 Å². The first-order chi connectivity index (χ1) is 8.61. The predicted molar refractivity (Wildman–Crippen MR) is 74.9 cm³/mol. The fourth-order valence-electron chi connectivity index (χ4n) is 1.54. The van der Waals surface area contributed by atoms with Crippen molar-refractivity contribution in [1.82, 2.24) is 0 Å². The van der Waals surface area contributed by atoms with E-state index in [1.807, 2.05) is 24.3 Å². The molecule has 0 aliphatic heterocycles. The summed E-state index contributed by atoms with van der Waals surface area (Å²) in [5.41, 5.74) is 6.29. The lowest BCUT2D eigenvalue weighted by Crippen LogP contribution is -2.54. The van der Waals surface area contributed by atoms with Crippen LogP contribution in [0.4, 0.5) is 5.69 Å². The summed E-state index contributed by atoms with van der Waals surface area (Å²) < 4.78 is 16.1. The molecule has 0 spiro atoms. The number of nitrogens with two attached hydrogens (primary N) is 1. The van der Waals surface area contributed by atoms with E-state index in [-0.39, 0.29) is 5.88 Å². The predicted octanol–water partition coefficient (Wildman–Crippen LogP) is 0.999. The van der Waals surface area contributed by atoms with Gasteiger partial charge in [-0.05, 0) is 12.1 Å². The second kappa shape index (κ2) is 6.86. The molecule has 1 aromatic rings. The zero-order chi connectivity index (χ0) is 13.6. The Labute approximate surface area is 113 Å². The highest BCUT2D eigenvalue weighted by molar-refractivity contribution is 6.75. The number of aliphatic imine (C=N–C) groups is 1. The van der Waals surface area contributed by atoms with Gasteiger partial charge in [-0.2, -0.15) is 0 Å². The number of hydrogen-bond acceptors (Lipinski definition) is 4. The number of rotatable bonds is 6. The first-order valence-corrected chi connectivity index (χ1v) is 7.52. The van der Waals surface area contributed by atoms with E-state index in [4.69, 9.17) is 30.6 Å². The van der Waals surface area contributed by atoms with Crippen LogP contribution in [0.3, 0.4) is 0 Å². The van der Waals surface area contributed by atoms with Crippen LogP contribution in [0.15, 0.2) is 29.3 Å². The van der Waals surface area contributed by atoms with Crippen LogP contribution >= 0.6 is 11.6 Å². The Hall–Kier alpha value is -0.923. The van der Waals surface area contributed by atoms with E-state index in [2.05, 4.69) is 4.99 Å². The van der Waals surface area contributed by atoms with Gasteiger partial charge in [-0.25, -0.2) is 4.99 Å². The number of halogens is 1. The largest absolute Gasteiger partial charge is 0.536 e. The van der Waals surface area contributed by atoms with Gasteiger partial charge in [0, 0.05) is 26.5 Å². The van der Waals surface area contributed by atoms with Gasteiger partial charge in [0.25, 0.3) is 0 Å². The summed E-state index contributed by atoms with van der Waals surface area (Å²) in [5, 5.41) is 0.860. The summed E-state index contributed by atoms with van der Waals surface area (Å²) >= 11 is 5.56. The van der Waals surface area contributed by atoms with Crippen molar-refractivity contribution in [1.29, 1.82) is 0 Å². The molecule has 0 amide bonds. The maximum absolute atomic E-state index is 5.56. The Balaban J connectivity index is 3.01. The van der Waals surface area contributed by atoms with Crippen LogP contribution in [0.1, 0.15) is 0 Å². The van der Waals surface area contributed by atoms with Gasteiger partial charge in [0.15, 0.2) is 0 Å². The molecular formula is C11H17ClN2O3Si. The van der Waals surface area contributed by atoms with Crippen molar-refractivity contribution in [3.05, 3.63) is 24.3 Å². The molecule has 0 fully saturated rings. The lowest BCUT2D eigenvalue weighted by Gasteiger charge is -2.24. The summed E-state index contributed by atoms with van der Waals surface area (Å²) in [6.45, 7) is 0. The Morgan fingerprint density at radius 1 is 1.17 bits per heavy atom.